The van der Waals surface area contributed by atoms with Crippen molar-refractivity contribution in [1.29, 1.82) is 0 Å². The van der Waals surface area contributed by atoms with Crippen molar-refractivity contribution in [2.24, 2.45) is 0 Å². The van der Waals surface area contributed by atoms with E-state index in [0.29, 0.717) is 5.56 Å². The zero-order valence-electron chi connectivity index (χ0n) is 16.3. The lowest BCUT2D eigenvalue weighted by atomic mass is 10.1. The summed E-state index contributed by atoms with van der Waals surface area (Å²) in [5.41, 5.74) is 1.93. The van der Waals surface area contributed by atoms with Gasteiger partial charge in [0.1, 0.15) is 12.3 Å². The molecule has 3 atom stereocenters. The SMILES string of the molecule is Cc1cc(Cn2c(=O)c(C)cn([C@@H]3C[C@@H](O)[C@H](CO)O3)c2=O)c2ccccc2n1. The van der Waals surface area contributed by atoms with Crippen LogP contribution < -0.4 is 11.2 Å². The third kappa shape index (κ3) is 3.50. The van der Waals surface area contributed by atoms with E-state index in [1.807, 2.05) is 37.3 Å². The number of hydrogen-bond donors (Lipinski definition) is 2. The van der Waals surface area contributed by atoms with Crippen molar-refractivity contribution in [1.82, 2.24) is 14.1 Å². The Morgan fingerprint density at radius 1 is 1.24 bits per heavy atom. The van der Waals surface area contributed by atoms with Gasteiger partial charge in [-0.2, -0.15) is 0 Å². The van der Waals surface area contributed by atoms with Gasteiger partial charge in [0.25, 0.3) is 5.56 Å². The summed E-state index contributed by atoms with van der Waals surface area (Å²) in [6.07, 6.45) is -0.742. The normalized spacial score (nSPS) is 21.7. The van der Waals surface area contributed by atoms with Gasteiger partial charge in [0, 0.05) is 29.3 Å². The van der Waals surface area contributed by atoms with E-state index in [1.54, 1.807) is 6.92 Å². The van der Waals surface area contributed by atoms with E-state index >= 15 is 0 Å². The van der Waals surface area contributed by atoms with Crippen LogP contribution in [-0.2, 0) is 11.3 Å². The maximum Gasteiger partial charge on any atom is 0.333 e. The van der Waals surface area contributed by atoms with Crippen LogP contribution in [0.3, 0.4) is 0 Å². The number of benzene rings is 1. The Bertz CT molecular complexity index is 1180. The second-order valence-corrected chi connectivity index (χ2v) is 7.45. The summed E-state index contributed by atoms with van der Waals surface area (Å²) >= 11 is 0. The topological polar surface area (TPSA) is 107 Å². The molecule has 3 heterocycles. The van der Waals surface area contributed by atoms with Gasteiger partial charge < -0.3 is 14.9 Å². The summed E-state index contributed by atoms with van der Waals surface area (Å²) in [4.78, 5) is 30.4. The molecule has 0 saturated carbocycles. The Hall–Kier alpha value is -2.81. The highest BCUT2D eigenvalue weighted by Gasteiger charge is 2.35. The molecule has 0 unspecified atom stereocenters. The Labute approximate surface area is 166 Å². The molecule has 1 fully saturated rings. The summed E-state index contributed by atoms with van der Waals surface area (Å²) in [5, 5.41) is 20.2. The Balaban J connectivity index is 1.81. The van der Waals surface area contributed by atoms with Crippen molar-refractivity contribution >= 4 is 10.9 Å². The van der Waals surface area contributed by atoms with E-state index in [9.17, 15) is 19.8 Å². The second kappa shape index (κ2) is 7.55. The van der Waals surface area contributed by atoms with Crippen LogP contribution >= 0.6 is 0 Å². The third-order valence-electron chi connectivity index (χ3n) is 5.32. The van der Waals surface area contributed by atoms with Crippen LogP contribution in [0.1, 0.15) is 29.5 Å². The molecule has 0 radical (unpaired) electrons. The van der Waals surface area contributed by atoms with Crippen molar-refractivity contribution in [3.8, 4) is 0 Å². The standard InChI is InChI=1S/C21H23N3O5/c1-12-9-23(19-8-17(26)18(11-25)29-19)21(28)24(20(12)27)10-14-7-13(2)22-16-6-4-3-5-15(14)16/h3-7,9,17-19,25-26H,8,10-11H2,1-2H3/t17-,18+,19+/m1/s1. The third-order valence-corrected chi connectivity index (χ3v) is 5.32. The van der Waals surface area contributed by atoms with Gasteiger partial charge >= 0.3 is 5.69 Å². The van der Waals surface area contributed by atoms with Gasteiger partial charge in [0.05, 0.1) is 24.8 Å². The van der Waals surface area contributed by atoms with E-state index in [0.717, 1.165) is 22.2 Å². The Kier molecular flexibility index (Phi) is 5.08. The first-order valence-corrected chi connectivity index (χ1v) is 9.51. The second-order valence-electron chi connectivity index (χ2n) is 7.45. The van der Waals surface area contributed by atoms with Crippen molar-refractivity contribution in [2.45, 2.75) is 45.2 Å². The molecule has 0 bridgehead atoms. The zero-order valence-corrected chi connectivity index (χ0v) is 16.3. The molecule has 29 heavy (non-hydrogen) atoms. The van der Waals surface area contributed by atoms with Gasteiger partial charge in [-0.15, -0.1) is 0 Å². The molecular weight excluding hydrogens is 374 g/mol. The van der Waals surface area contributed by atoms with Crippen LogP contribution in [0.25, 0.3) is 10.9 Å². The lowest BCUT2D eigenvalue weighted by molar-refractivity contribution is -0.0463. The van der Waals surface area contributed by atoms with E-state index in [-0.39, 0.29) is 25.1 Å². The van der Waals surface area contributed by atoms with Gasteiger partial charge in [-0.25, -0.2) is 4.79 Å². The van der Waals surface area contributed by atoms with Crippen LogP contribution in [0.15, 0.2) is 46.1 Å². The number of pyridine rings is 1. The molecule has 2 aromatic heterocycles. The number of para-hydroxylation sites is 1. The molecule has 1 aliphatic rings. The average Bonchev–Trinajstić information content (AvgIpc) is 3.08. The fourth-order valence-corrected chi connectivity index (χ4v) is 3.85. The molecule has 0 spiro atoms. The van der Waals surface area contributed by atoms with E-state index in [1.165, 1.54) is 15.3 Å². The number of rotatable bonds is 4. The van der Waals surface area contributed by atoms with Crippen molar-refractivity contribution in [2.75, 3.05) is 6.61 Å². The highest BCUT2D eigenvalue weighted by Crippen LogP contribution is 2.27. The molecule has 152 valence electrons. The molecule has 1 saturated heterocycles. The Morgan fingerprint density at radius 3 is 2.72 bits per heavy atom. The van der Waals surface area contributed by atoms with Gasteiger partial charge in [0.15, 0.2) is 0 Å². The van der Waals surface area contributed by atoms with Crippen LogP contribution in [0, 0.1) is 13.8 Å². The van der Waals surface area contributed by atoms with Crippen LogP contribution in [0.2, 0.25) is 0 Å². The summed E-state index contributed by atoms with van der Waals surface area (Å²) in [5.74, 6) is 0. The van der Waals surface area contributed by atoms with Gasteiger partial charge in [-0.3, -0.25) is 18.9 Å². The van der Waals surface area contributed by atoms with Gasteiger partial charge in [-0.1, -0.05) is 18.2 Å². The number of aliphatic hydroxyl groups excluding tert-OH is 2. The van der Waals surface area contributed by atoms with Gasteiger partial charge in [-0.05, 0) is 31.5 Å². The van der Waals surface area contributed by atoms with Crippen molar-refractivity contribution in [3.05, 3.63) is 74.2 Å². The fourth-order valence-electron chi connectivity index (χ4n) is 3.85. The predicted molar refractivity (Wildman–Crippen MR) is 107 cm³/mol. The zero-order chi connectivity index (χ0) is 20.7. The summed E-state index contributed by atoms with van der Waals surface area (Å²) in [6, 6.07) is 9.47. The average molecular weight is 397 g/mol. The molecule has 2 N–H and O–H groups in total. The highest BCUT2D eigenvalue weighted by atomic mass is 16.5. The lowest BCUT2D eigenvalue weighted by Gasteiger charge is -2.18. The van der Waals surface area contributed by atoms with E-state index < -0.39 is 24.1 Å². The first kappa shape index (κ1) is 19.5. The number of aryl methyl sites for hydroxylation is 2. The molecule has 3 aromatic rings. The number of nitrogens with zero attached hydrogens (tertiary/aromatic N) is 3. The minimum absolute atomic E-state index is 0.0991. The number of hydrogen-bond acceptors (Lipinski definition) is 6. The smallest absolute Gasteiger partial charge is 0.333 e. The summed E-state index contributed by atoms with van der Waals surface area (Å²) < 4.78 is 8.12. The first-order valence-electron chi connectivity index (χ1n) is 9.51. The van der Waals surface area contributed by atoms with Gasteiger partial charge in [0.2, 0.25) is 0 Å². The summed E-state index contributed by atoms with van der Waals surface area (Å²) in [7, 11) is 0. The first-order chi connectivity index (χ1) is 13.9. The maximum absolute atomic E-state index is 13.1. The molecule has 4 rings (SSSR count). The molecular formula is C21H23N3O5. The largest absolute Gasteiger partial charge is 0.394 e. The molecule has 0 amide bonds. The van der Waals surface area contributed by atoms with Crippen LogP contribution in [-0.4, -0.2) is 43.1 Å². The number of ether oxygens (including phenoxy) is 1. The number of aliphatic hydroxyl groups is 2. The lowest BCUT2D eigenvalue weighted by Crippen LogP contribution is -2.42. The monoisotopic (exact) mass is 397 g/mol. The molecule has 1 aliphatic heterocycles. The molecule has 8 nitrogen and oxygen atoms in total. The van der Waals surface area contributed by atoms with Crippen LogP contribution in [0.5, 0.6) is 0 Å². The minimum atomic E-state index is -0.871. The number of fused-ring (bicyclic) bond motifs is 1. The maximum atomic E-state index is 13.1. The molecule has 0 aliphatic carbocycles. The molecule has 8 heteroatoms. The van der Waals surface area contributed by atoms with E-state index in [2.05, 4.69) is 4.98 Å². The van der Waals surface area contributed by atoms with Crippen molar-refractivity contribution < 1.29 is 14.9 Å². The number of aromatic nitrogens is 3. The quantitative estimate of drug-likeness (QED) is 0.676. The van der Waals surface area contributed by atoms with Crippen LogP contribution in [0.4, 0.5) is 0 Å². The Morgan fingerprint density at radius 2 is 2.00 bits per heavy atom. The molecule has 1 aromatic carbocycles. The summed E-state index contributed by atoms with van der Waals surface area (Å²) in [6.45, 7) is 3.27. The predicted octanol–water partition coefficient (Wildman–Crippen LogP) is 0.864. The van der Waals surface area contributed by atoms with E-state index in [4.69, 9.17) is 4.74 Å². The minimum Gasteiger partial charge on any atom is -0.394 e. The highest BCUT2D eigenvalue weighted by molar-refractivity contribution is 5.82. The fraction of sp³-hybridized carbons (Fsp3) is 0.381. The van der Waals surface area contributed by atoms with Crippen molar-refractivity contribution in [3.63, 3.8) is 0 Å².